The number of amides is 2. The molecular formula is C13H22N2O3. The Kier molecular flexibility index (Phi) is 5.68. The van der Waals surface area contributed by atoms with Gasteiger partial charge in [0.05, 0.1) is 5.92 Å². The van der Waals surface area contributed by atoms with E-state index in [4.69, 9.17) is 5.11 Å². The third-order valence-electron chi connectivity index (χ3n) is 3.27. The molecule has 5 heteroatoms. The quantitative estimate of drug-likeness (QED) is 0.601. The van der Waals surface area contributed by atoms with Crippen LogP contribution >= 0.6 is 0 Å². The lowest BCUT2D eigenvalue weighted by molar-refractivity contribution is -0.143. The van der Waals surface area contributed by atoms with Crippen LogP contribution in [0.15, 0.2) is 12.7 Å². The highest BCUT2D eigenvalue weighted by atomic mass is 16.4. The molecule has 1 rings (SSSR count). The second-order valence-electron chi connectivity index (χ2n) is 4.76. The molecule has 1 saturated heterocycles. The molecule has 1 fully saturated rings. The molecule has 2 amide bonds. The van der Waals surface area contributed by atoms with E-state index in [2.05, 4.69) is 6.58 Å². The highest BCUT2D eigenvalue weighted by Crippen LogP contribution is 2.17. The maximum Gasteiger partial charge on any atom is 0.319 e. The Hall–Kier alpha value is -1.52. The average Bonchev–Trinajstić information content (AvgIpc) is 2.38. The lowest BCUT2D eigenvalue weighted by Crippen LogP contribution is -2.47. The van der Waals surface area contributed by atoms with Crippen LogP contribution in [0.2, 0.25) is 0 Å². The highest BCUT2D eigenvalue weighted by molar-refractivity contribution is 5.76. The van der Waals surface area contributed by atoms with E-state index >= 15 is 0 Å². The van der Waals surface area contributed by atoms with E-state index in [1.807, 2.05) is 6.08 Å². The molecule has 18 heavy (non-hydrogen) atoms. The van der Waals surface area contributed by atoms with Gasteiger partial charge in [0.1, 0.15) is 0 Å². The minimum absolute atomic E-state index is 0.0648. The number of piperidine rings is 1. The Bertz CT molecular complexity index is 317. The van der Waals surface area contributed by atoms with Crippen molar-refractivity contribution < 1.29 is 14.7 Å². The predicted molar refractivity (Wildman–Crippen MR) is 69.4 cm³/mol. The standard InChI is InChI=1S/C13H22N2O3/c1-3-4-5-8-14(2)13(18)15-9-6-7-11(10-15)12(16)17/h3,11H,1,4-10H2,2H3,(H,16,17). The van der Waals surface area contributed by atoms with Crippen LogP contribution in [-0.4, -0.2) is 53.6 Å². The summed E-state index contributed by atoms with van der Waals surface area (Å²) in [6, 6.07) is -0.0648. The van der Waals surface area contributed by atoms with E-state index in [1.54, 1.807) is 16.8 Å². The number of carboxylic acids is 1. The molecule has 1 atom stereocenters. The van der Waals surface area contributed by atoms with Gasteiger partial charge in [-0.2, -0.15) is 0 Å². The van der Waals surface area contributed by atoms with Crippen LogP contribution in [0, 0.1) is 5.92 Å². The second kappa shape index (κ2) is 7.03. The summed E-state index contributed by atoms with van der Waals surface area (Å²) in [5, 5.41) is 8.99. The van der Waals surface area contributed by atoms with Crippen LogP contribution < -0.4 is 0 Å². The van der Waals surface area contributed by atoms with E-state index in [1.165, 1.54) is 0 Å². The number of unbranched alkanes of at least 4 members (excludes halogenated alkanes) is 1. The second-order valence-corrected chi connectivity index (χ2v) is 4.76. The van der Waals surface area contributed by atoms with Crippen LogP contribution in [0.1, 0.15) is 25.7 Å². The van der Waals surface area contributed by atoms with Gasteiger partial charge in [0.15, 0.2) is 0 Å². The molecule has 0 saturated carbocycles. The number of hydrogen-bond donors (Lipinski definition) is 1. The van der Waals surface area contributed by atoms with Gasteiger partial charge in [-0.3, -0.25) is 4.79 Å². The summed E-state index contributed by atoms with van der Waals surface area (Å²) >= 11 is 0. The number of allylic oxidation sites excluding steroid dienone is 1. The Labute approximate surface area is 108 Å². The molecule has 0 radical (unpaired) electrons. The van der Waals surface area contributed by atoms with Crippen molar-refractivity contribution in [1.29, 1.82) is 0 Å². The number of carbonyl (C=O) groups is 2. The van der Waals surface area contributed by atoms with Gasteiger partial charge in [0.25, 0.3) is 0 Å². The first-order valence-corrected chi connectivity index (χ1v) is 6.40. The molecule has 1 heterocycles. The lowest BCUT2D eigenvalue weighted by Gasteiger charge is -2.33. The van der Waals surface area contributed by atoms with E-state index in [0.29, 0.717) is 26.1 Å². The van der Waals surface area contributed by atoms with Crippen LogP contribution in [0.3, 0.4) is 0 Å². The number of aliphatic carboxylic acids is 1. The van der Waals surface area contributed by atoms with E-state index in [0.717, 1.165) is 19.3 Å². The average molecular weight is 254 g/mol. The molecular weight excluding hydrogens is 232 g/mol. The van der Waals surface area contributed by atoms with Gasteiger partial charge in [-0.05, 0) is 25.7 Å². The molecule has 1 aliphatic rings. The van der Waals surface area contributed by atoms with Gasteiger partial charge in [-0.25, -0.2) is 4.79 Å². The summed E-state index contributed by atoms with van der Waals surface area (Å²) in [6.45, 7) is 5.32. The van der Waals surface area contributed by atoms with Crippen molar-refractivity contribution in [3.8, 4) is 0 Å². The van der Waals surface area contributed by atoms with Crippen LogP contribution in [0.25, 0.3) is 0 Å². The molecule has 5 nitrogen and oxygen atoms in total. The van der Waals surface area contributed by atoms with Crippen molar-refractivity contribution in [2.75, 3.05) is 26.7 Å². The zero-order valence-corrected chi connectivity index (χ0v) is 11.0. The zero-order valence-electron chi connectivity index (χ0n) is 11.0. The summed E-state index contributed by atoms with van der Waals surface area (Å²) < 4.78 is 0. The largest absolute Gasteiger partial charge is 0.481 e. The van der Waals surface area contributed by atoms with E-state index in [-0.39, 0.29) is 6.03 Å². The lowest BCUT2D eigenvalue weighted by atomic mass is 9.99. The Morgan fingerprint density at radius 2 is 2.28 bits per heavy atom. The van der Waals surface area contributed by atoms with Crippen LogP contribution in [0.4, 0.5) is 4.79 Å². The van der Waals surface area contributed by atoms with Crippen molar-refractivity contribution >= 4 is 12.0 Å². The molecule has 0 bridgehead atoms. The molecule has 0 aromatic carbocycles. The number of hydrogen-bond acceptors (Lipinski definition) is 2. The van der Waals surface area contributed by atoms with Crippen LogP contribution in [-0.2, 0) is 4.79 Å². The maximum absolute atomic E-state index is 12.1. The first-order valence-electron chi connectivity index (χ1n) is 6.40. The Balaban J connectivity index is 2.44. The number of nitrogens with zero attached hydrogens (tertiary/aromatic N) is 2. The minimum atomic E-state index is -0.804. The number of carboxylic acid groups (broad SMARTS) is 1. The summed E-state index contributed by atoms with van der Waals surface area (Å²) in [7, 11) is 1.76. The van der Waals surface area contributed by atoms with Gasteiger partial charge < -0.3 is 14.9 Å². The topological polar surface area (TPSA) is 60.9 Å². The first kappa shape index (κ1) is 14.5. The number of urea groups is 1. The SMILES string of the molecule is C=CCCCN(C)C(=O)N1CCCC(C(=O)O)C1. The van der Waals surface area contributed by atoms with E-state index < -0.39 is 11.9 Å². The fraction of sp³-hybridized carbons (Fsp3) is 0.692. The molecule has 102 valence electrons. The first-order chi connectivity index (χ1) is 8.56. The van der Waals surface area contributed by atoms with Gasteiger partial charge in [0.2, 0.25) is 0 Å². The molecule has 0 aromatic rings. The number of likely N-dealkylation sites (tertiary alicyclic amines) is 1. The van der Waals surface area contributed by atoms with Gasteiger partial charge in [-0.1, -0.05) is 6.08 Å². The van der Waals surface area contributed by atoms with Crippen molar-refractivity contribution in [2.24, 2.45) is 5.92 Å². The summed E-state index contributed by atoms with van der Waals surface area (Å²) in [5.41, 5.74) is 0. The summed E-state index contributed by atoms with van der Waals surface area (Å²) in [6.07, 6.45) is 5.04. The normalized spacial score (nSPS) is 19.4. The third-order valence-corrected chi connectivity index (χ3v) is 3.27. The predicted octanol–water partition coefficient (Wildman–Crippen LogP) is 1.80. The van der Waals surface area contributed by atoms with Crippen molar-refractivity contribution in [3.63, 3.8) is 0 Å². The van der Waals surface area contributed by atoms with Crippen LogP contribution in [0.5, 0.6) is 0 Å². The third kappa shape index (κ3) is 4.05. The van der Waals surface area contributed by atoms with E-state index in [9.17, 15) is 9.59 Å². The Morgan fingerprint density at radius 1 is 1.56 bits per heavy atom. The van der Waals surface area contributed by atoms with Gasteiger partial charge in [0, 0.05) is 26.7 Å². The molecule has 0 aliphatic carbocycles. The van der Waals surface area contributed by atoms with Crippen molar-refractivity contribution in [2.45, 2.75) is 25.7 Å². The molecule has 1 aliphatic heterocycles. The van der Waals surface area contributed by atoms with Gasteiger partial charge >= 0.3 is 12.0 Å². The Morgan fingerprint density at radius 3 is 2.89 bits per heavy atom. The highest BCUT2D eigenvalue weighted by Gasteiger charge is 2.29. The fourth-order valence-electron chi connectivity index (χ4n) is 2.16. The number of rotatable bonds is 5. The maximum atomic E-state index is 12.1. The summed E-state index contributed by atoms with van der Waals surface area (Å²) in [5.74, 6) is -1.22. The molecule has 1 unspecified atom stereocenters. The van der Waals surface area contributed by atoms with Gasteiger partial charge in [-0.15, -0.1) is 6.58 Å². The van der Waals surface area contributed by atoms with Crippen molar-refractivity contribution in [1.82, 2.24) is 9.80 Å². The smallest absolute Gasteiger partial charge is 0.319 e. The fourth-order valence-corrected chi connectivity index (χ4v) is 2.16. The molecule has 0 spiro atoms. The zero-order chi connectivity index (χ0) is 13.5. The number of carbonyl (C=O) groups excluding carboxylic acids is 1. The summed E-state index contributed by atoms with van der Waals surface area (Å²) in [4.78, 5) is 26.3. The molecule has 1 N–H and O–H groups in total. The monoisotopic (exact) mass is 254 g/mol. The van der Waals surface area contributed by atoms with Crippen molar-refractivity contribution in [3.05, 3.63) is 12.7 Å². The molecule has 0 aromatic heterocycles. The minimum Gasteiger partial charge on any atom is -0.481 e.